The van der Waals surface area contributed by atoms with E-state index in [0.717, 1.165) is 25.7 Å². The average Bonchev–Trinajstić information content (AvgIpc) is 2.72. The van der Waals surface area contributed by atoms with Crippen LogP contribution < -0.4 is 0 Å². The largest absolute Gasteiger partial charge is 0.469 e. The molecule has 1 unspecified atom stereocenters. The summed E-state index contributed by atoms with van der Waals surface area (Å²) in [6, 6.07) is 0. The van der Waals surface area contributed by atoms with Crippen LogP contribution in [0.5, 0.6) is 0 Å². The van der Waals surface area contributed by atoms with Gasteiger partial charge >= 0.3 is 13.8 Å². The minimum Gasteiger partial charge on any atom is -0.463 e. The Kier molecular flexibility index (Phi) is 21.1. The van der Waals surface area contributed by atoms with Crippen LogP contribution in [0.4, 0.5) is 0 Å². The van der Waals surface area contributed by atoms with Crippen LogP contribution in [0.15, 0.2) is 0 Å². The van der Waals surface area contributed by atoms with Crippen molar-refractivity contribution in [3.05, 3.63) is 0 Å². The number of phosphoric acid groups is 1. The fraction of sp³-hybridized carbons (Fsp3) is 0.957. The molecule has 0 fully saturated rings. The monoisotopic (exact) mass is 466 g/mol. The lowest BCUT2D eigenvalue weighted by molar-refractivity contribution is -0.150. The molecule has 0 aromatic rings. The Labute approximate surface area is 189 Å². The van der Waals surface area contributed by atoms with E-state index in [1.165, 1.54) is 70.6 Å². The van der Waals surface area contributed by atoms with Crippen LogP contribution >= 0.6 is 7.82 Å². The van der Waals surface area contributed by atoms with Crippen LogP contribution in [-0.2, 0) is 23.4 Å². The minimum absolute atomic E-state index is 0.0416. The van der Waals surface area contributed by atoms with Gasteiger partial charge in [-0.2, -0.15) is 0 Å². The topological polar surface area (TPSA) is 102 Å². The molecule has 1 atom stereocenters. The molecule has 0 aliphatic rings. The Hall–Kier alpha value is -0.460. The Morgan fingerprint density at radius 2 is 1.23 bits per heavy atom. The molecule has 0 aromatic heterocycles. The molecule has 0 amide bonds. The molecule has 8 heteroatoms. The lowest BCUT2D eigenvalue weighted by Crippen LogP contribution is -2.20. The zero-order valence-electron chi connectivity index (χ0n) is 19.9. The highest BCUT2D eigenvalue weighted by molar-refractivity contribution is 7.46. The second kappa shape index (κ2) is 21.4. The van der Waals surface area contributed by atoms with Gasteiger partial charge in [0, 0.05) is 0 Å². The Balaban J connectivity index is 3.65. The van der Waals surface area contributed by atoms with Crippen molar-refractivity contribution in [1.29, 1.82) is 0 Å². The van der Waals surface area contributed by atoms with Crippen molar-refractivity contribution in [3.8, 4) is 0 Å². The molecule has 31 heavy (non-hydrogen) atoms. The van der Waals surface area contributed by atoms with E-state index in [9.17, 15) is 9.36 Å². The van der Waals surface area contributed by atoms with E-state index >= 15 is 0 Å². The summed E-state index contributed by atoms with van der Waals surface area (Å²) in [6.45, 7) is 4.51. The number of esters is 1. The summed E-state index contributed by atoms with van der Waals surface area (Å²) in [4.78, 5) is 29.4. The molecule has 0 aliphatic carbocycles. The van der Waals surface area contributed by atoms with Crippen molar-refractivity contribution in [2.75, 3.05) is 26.4 Å². The zero-order chi connectivity index (χ0) is 23.2. The quantitative estimate of drug-likeness (QED) is 0.106. The number of rotatable bonds is 23. The molecule has 0 spiro atoms. The first-order valence-electron chi connectivity index (χ1n) is 12.3. The number of ether oxygens (including phenoxy) is 2. The van der Waals surface area contributed by atoms with Crippen molar-refractivity contribution in [2.45, 2.75) is 110 Å². The van der Waals surface area contributed by atoms with Crippen LogP contribution in [0.3, 0.4) is 0 Å². The highest BCUT2D eigenvalue weighted by atomic mass is 31.2. The highest BCUT2D eigenvalue weighted by Crippen LogP contribution is 2.35. The molecule has 0 saturated heterocycles. The lowest BCUT2D eigenvalue weighted by atomic mass is 9.96. The fourth-order valence-corrected chi connectivity index (χ4v) is 3.91. The third kappa shape index (κ3) is 22.5. The van der Waals surface area contributed by atoms with Gasteiger partial charge in [0.1, 0.15) is 6.61 Å². The van der Waals surface area contributed by atoms with Crippen molar-refractivity contribution in [2.24, 2.45) is 5.92 Å². The second-order valence-electron chi connectivity index (χ2n) is 8.27. The molecule has 0 bridgehead atoms. The van der Waals surface area contributed by atoms with E-state index in [-0.39, 0.29) is 38.3 Å². The smallest absolute Gasteiger partial charge is 0.463 e. The van der Waals surface area contributed by atoms with Crippen LogP contribution in [0.2, 0.25) is 0 Å². The maximum absolute atomic E-state index is 12.3. The second-order valence-corrected chi connectivity index (χ2v) is 9.51. The zero-order valence-corrected chi connectivity index (χ0v) is 20.8. The van der Waals surface area contributed by atoms with Crippen LogP contribution in [-0.4, -0.2) is 42.2 Å². The normalized spacial score (nSPS) is 12.8. The van der Waals surface area contributed by atoms with Gasteiger partial charge in [0.15, 0.2) is 0 Å². The Bertz CT molecular complexity index is 453. The lowest BCUT2D eigenvalue weighted by Gasteiger charge is -2.15. The molecule has 0 aliphatic heterocycles. The predicted octanol–water partition coefficient (Wildman–Crippen LogP) is 6.16. The van der Waals surface area contributed by atoms with Crippen molar-refractivity contribution < 1.29 is 33.1 Å². The van der Waals surface area contributed by atoms with Gasteiger partial charge in [0.2, 0.25) is 0 Å². The Morgan fingerprint density at radius 3 is 1.74 bits per heavy atom. The average molecular weight is 467 g/mol. The highest BCUT2D eigenvalue weighted by Gasteiger charge is 2.18. The van der Waals surface area contributed by atoms with Gasteiger partial charge in [-0.1, -0.05) is 97.3 Å². The molecule has 0 rings (SSSR count). The van der Waals surface area contributed by atoms with E-state index in [0.29, 0.717) is 0 Å². The third-order valence-corrected chi connectivity index (χ3v) is 5.85. The number of unbranched alkanes of at least 4 members (excludes halogenated alkanes) is 11. The van der Waals surface area contributed by atoms with Gasteiger partial charge in [0.05, 0.1) is 25.7 Å². The van der Waals surface area contributed by atoms with Gasteiger partial charge in [0.25, 0.3) is 0 Å². The maximum atomic E-state index is 12.3. The molecule has 0 aromatic carbocycles. The summed E-state index contributed by atoms with van der Waals surface area (Å²) in [6.07, 6.45) is 18.3. The summed E-state index contributed by atoms with van der Waals surface area (Å²) in [5, 5.41) is 0. The molecular formula is C23H47O7P. The fourth-order valence-electron chi connectivity index (χ4n) is 3.60. The summed E-state index contributed by atoms with van der Waals surface area (Å²) in [5.41, 5.74) is 0. The molecular weight excluding hydrogens is 419 g/mol. The van der Waals surface area contributed by atoms with E-state index in [2.05, 4.69) is 18.4 Å². The molecule has 7 nitrogen and oxygen atoms in total. The summed E-state index contributed by atoms with van der Waals surface area (Å²) in [5.74, 6) is -0.217. The van der Waals surface area contributed by atoms with E-state index in [4.69, 9.17) is 19.3 Å². The van der Waals surface area contributed by atoms with Gasteiger partial charge in [-0.15, -0.1) is 0 Å². The van der Waals surface area contributed by atoms with Crippen LogP contribution in [0.1, 0.15) is 110 Å². The summed E-state index contributed by atoms with van der Waals surface area (Å²) in [7, 11) is -4.45. The number of carbonyl (C=O) groups excluding carboxylic acids is 1. The molecule has 2 N–H and O–H groups in total. The van der Waals surface area contributed by atoms with E-state index in [1.54, 1.807) is 0 Å². The number of carbonyl (C=O) groups is 1. The Morgan fingerprint density at radius 1 is 0.710 bits per heavy atom. The van der Waals surface area contributed by atoms with Crippen molar-refractivity contribution in [3.63, 3.8) is 0 Å². The molecule has 0 radical (unpaired) electrons. The summed E-state index contributed by atoms with van der Waals surface area (Å²) >= 11 is 0. The number of hydrogen-bond acceptors (Lipinski definition) is 5. The maximum Gasteiger partial charge on any atom is 0.469 e. The van der Waals surface area contributed by atoms with Gasteiger partial charge in [-0.25, -0.2) is 4.57 Å². The standard InChI is InChI=1S/C23H47O7P/c1-3-5-6-7-8-9-10-11-12-13-14-15-17-22(16-4-2)23(24)29-20-18-28-19-21-30-31(25,26)27/h22H,3-21H2,1-2H3,(H2,25,26,27). The number of hydrogen-bond donors (Lipinski definition) is 2. The molecule has 186 valence electrons. The summed E-state index contributed by atoms with van der Waals surface area (Å²) < 4.78 is 25.2. The van der Waals surface area contributed by atoms with Crippen LogP contribution in [0.25, 0.3) is 0 Å². The minimum atomic E-state index is -4.45. The van der Waals surface area contributed by atoms with Gasteiger partial charge < -0.3 is 19.3 Å². The predicted molar refractivity (Wildman–Crippen MR) is 124 cm³/mol. The first-order valence-corrected chi connectivity index (χ1v) is 13.9. The molecule has 0 saturated carbocycles. The van der Waals surface area contributed by atoms with E-state index < -0.39 is 7.82 Å². The SMILES string of the molecule is CCCCCCCCCCCCCCC(CCC)C(=O)OCCOCCOP(=O)(O)O. The molecule has 0 heterocycles. The van der Waals surface area contributed by atoms with E-state index in [1.807, 2.05) is 0 Å². The number of phosphoric ester groups is 1. The van der Waals surface area contributed by atoms with Gasteiger partial charge in [-0.3, -0.25) is 9.32 Å². The van der Waals surface area contributed by atoms with Crippen molar-refractivity contribution >= 4 is 13.8 Å². The van der Waals surface area contributed by atoms with Gasteiger partial charge in [-0.05, 0) is 12.8 Å². The first kappa shape index (κ1) is 30.5. The third-order valence-electron chi connectivity index (χ3n) is 5.34. The first-order chi connectivity index (χ1) is 14.9. The van der Waals surface area contributed by atoms with Crippen molar-refractivity contribution in [1.82, 2.24) is 0 Å². The van der Waals surface area contributed by atoms with Crippen LogP contribution in [0, 0.1) is 5.92 Å².